The summed E-state index contributed by atoms with van der Waals surface area (Å²) in [7, 11) is 0. The average Bonchev–Trinajstić information content (AvgIpc) is 2.81. The van der Waals surface area contributed by atoms with E-state index in [1.807, 2.05) is 9.97 Å². The van der Waals surface area contributed by atoms with Gasteiger partial charge in [-0.05, 0) is 19.4 Å². The predicted octanol–water partition coefficient (Wildman–Crippen LogP) is -1.42. The molecule has 1 atom stereocenters. The lowest BCUT2D eigenvalue weighted by Crippen LogP contribution is -2.29. The van der Waals surface area contributed by atoms with E-state index in [9.17, 15) is 19.2 Å². The van der Waals surface area contributed by atoms with Gasteiger partial charge in [-0.3, -0.25) is 14.6 Å². The van der Waals surface area contributed by atoms with Gasteiger partial charge in [0.15, 0.2) is 0 Å². The minimum absolute atomic E-state index is 0.269. The highest BCUT2D eigenvalue weighted by atomic mass is 16.4. The van der Waals surface area contributed by atoms with Gasteiger partial charge in [0, 0.05) is 6.07 Å². The Hall–Kier alpha value is -2.42. The second-order valence-corrected chi connectivity index (χ2v) is 3.79. The molecule has 0 aliphatic carbocycles. The monoisotopic (exact) mass is 271 g/mol. The van der Waals surface area contributed by atoms with Gasteiger partial charge in [0.05, 0.1) is 0 Å². The number of carboxylic acid groups (broad SMARTS) is 2. The van der Waals surface area contributed by atoms with Crippen LogP contribution in [0.25, 0.3) is 0 Å². The molecule has 1 unspecified atom stereocenters. The van der Waals surface area contributed by atoms with Crippen LogP contribution >= 0.6 is 0 Å². The molecule has 1 aliphatic rings. The van der Waals surface area contributed by atoms with Crippen molar-refractivity contribution >= 4 is 11.9 Å². The first-order chi connectivity index (χ1) is 8.90. The predicted molar refractivity (Wildman–Crippen MR) is 63.3 cm³/mol. The lowest BCUT2D eigenvalue weighted by molar-refractivity contribution is -0.139. The molecule has 0 aromatic carbocycles. The van der Waals surface area contributed by atoms with Gasteiger partial charge in [-0.15, -0.1) is 0 Å². The average molecular weight is 271 g/mol. The molecule has 1 saturated heterocycles. The summed E-state index contributed by atoms with van der Waals surface area (Å²) in [6.07, 6.45) is 1.78. The normalized spacial score (nSPS) is 17.4. The third-order valence-corrected chi connectivity index (χ3v) is 2.35. The first-order valence-corrected chi connectivity index (χ1v) is 5.43. The lowest BCUT2D eigenvalue weighted by atomic mass is 10.2. The molecular formula is C10H13N3O6. The topological polar surface area (TPSA) is 152 Å². The number of H-pyrrole nitrogens is 2. The molecule has 1 aromatic rings. The summed E-state index contributed by atoms with van der Waals surface area (Å²) in [5.41, 5.74) is -1.97. The van der Waals surface area contributed by atoms with E-state index in [4.69, 9.17) is 10.2 Å². The second kappa shape index (κ2) is 6.50. The smallest absolute Gasteiger partial charge is 0.352 e. The molecule has 9 heteroatoms. The number of hydrogen-bond donors (Lipinski definition) is 5. The van der Waals surface area contributed by atoms with Crippen molar-refractivity contribution in [1.29, 1.82) is 0 Å². The van der Waals surface area contributed by atoms with Gasteiger partial charge in [-0.2, -0.15) is 0 Å². The fraction of sp³-hybridized carbons (Fsp3) is 0.400. The quantitative estimate of drug-likeness (QED) is 0.442. The Morgan fingerprint density at radius 3 is 2.26 bits per heavy atom. The van der Waals surface area contributed by atoms with E-state index in [-0.39, 0.29) is 6.04 Å². The number of aromatic amines is 2. The van der Waals surface area contributed by atoms with Gasteiger partial charge < -0.3 is 20.5 Å². The minimum atomic E-state index is -1.34. The zero-order valence-electron chi connectivity index (χ0n) is 9.80. The van der Waals surface area contributed by atoms with Gasteiger partial charge in [-0.25, -0.2) is 9.59 Å². The van der Waals surface area contributed by atoms with E-state index in [1.165, 1.54) is 0 Å². The Kier molecular flexibility index (Phi) is 5.01. The molecule has 2 heterocycles. The second-order valence-electron chi connectivity index (χ2n) is 3.79. The van der Waals surface area contributed by atoms with Crippen LogP contribution in [0.5, 0.6) is 0 Å². The number of aromatic nitrogens is 2. The number of rotatable bonds is 2. The zero-order valence-corrected chi connectivity index (χ0v) is 9.80. The Bertz CT molecular complexity index is 541. The van der Waals surface area contributed by atoms with E-state index in [2.05, 4.69) is 5.32 Å². The molecule has 0 bridgehead atoms. The van der Waals surface area contributed by atoms with E-state index in [1.54, 1.807) is 0 Å². The van der Waals surface area contributed by atoms with Crippen molar-refractivity contribution in [2.45, 2.75) is 18.9 Å². The highest BCUT2D eigenvalue weighted by Gasteiger charge is 2.20. The van der Waals surface area contributed by atoms with Gasteiger partial charge in [0.2, 0.25) is 0 Å². The third kappa shape index (κ3) is 4.76. The molecule has 5 N–H and O–H groups in total. The van der Waals surface area contributed by atoms with Crippen molar-refractivity contribution in [2.75, 3.05) is 6.54 Å². The van der Waals surface area contributed by atoms with Gasteiger partial charge >= 0.3 is 17.6 Å². The highest BCUT2D eigenvalue weighted by Crippen LogP contribution is 2.03. The summed E-state index contributed by atoms with van der Waals surface area (Å²) in [6.45, 7) is 0.858. The SMILES string of the molecule is O=C(O)C1CCCN1.O=C(O)c1cc(=O)[nH]c(=O)[nH]1. The molecule has 9 nitrogen and oxygen atoms in total. The Labute approximate surface area is 106 Å². The summed E-state index contributed by atoms with van der Waals surface area (Å²) in [4.78, 5) is 45.0. The van der Waals surface area contributed by atoms with Crippen LogP contribution in [0.15, 0.2) is 15.7 Å². The van der Waals surface area contributed by atoms with Crippen LogP contribution in [-0.2, 0) is 4.79 Å². The van der Waals surface area contributed by atoms with Crippen molar-refractivity contribution in [3.05, 3.63) is 32.6 Å². The van der Waals surface area contributed by atoms with Gasteiger partial charge in [-0.1, -0.05) is 0 Å². The molecule has 19 heavy (non-hydrogen) atoms. The molecule has 1 aliphatic heterocycles. The van der Waals surface area contributed by atoms with Crippen LogP contribution < -0.4 is 16.6 Å². The van der Waals surface area contributed by atoms with Crippen molar-refractivity contribution < 1.29 is 19.8 Å². The number of hydrogen-bond acceptors (Lipinski definition) is 5. The highest BCUT2D eigenvalue weighted by molar-refractivity contribution is 5.84. The molecule has 104 valence electrons. The Balaban J connectivity index is 0.000000200. The Morgan fingerprint density at radius 2 is 1.89 bits per heavy atom. The summed E-state index contributed by atoms with van der Waals surface area (Å²) >= 11 is 0. The largest absolute Gasteiger partial charge is 0.480 e. The number of nitrogens with one attached hydrogen (secondary N) is 3. The molecule has 1 fully saturated rings. The maximum atomic E-state index is 10.5. The Morgan fingerprint density at radius 1 is 1.21 bits per heavy atom. The lowest BCUT2D eigenvalue weighted by Gasteiger charge is -1.99. The maximum Gasteiger partial charge on any atom is 0.352 e. The molecule has 0 spiro atoms. The van der Waals surface area contributed by atoms with Crippen molar-refractivity contribution in [1.82, 2.24) is 15.3 Å². The summed E-state index contributed by atoms with van der Waals surface area (Å²) < 4.78 is 0. The summed E-state index contributed by atoms with van der Waals surface area (Å²) in [6, 6.07) is 0.527. The standard InChI is InChI=1S/C5H4N2O4.C5H9NO2/c8-3-1-2(4(9)10)6-5(11)7-3;7-5(8)4-2-1-3-6-4/h1H,(H,9,10)(H2,6,7,8,11);4,6H,1-3H2,(H,7,8). The molecule has 0 amide bonds. The van der Waals surface area contributed by atoms with Crippen LogP contribution in [0.1, 0.15) is 23.3 Å². The number of aromatic carboxylic acids is 1. The van der Waals surface area contributed by atoms with Crippen LogP contribution in [-0.4, -0.2) is 44.7 Å². The van der Waals surface area contributed by atoms with E-state index < -0.39 is 28.9 Å². The first-order valence-electron chi connectivity index (χ1n) is 5.43. The maximum absolute atomic E-state index is 10.5. The molecule has 0 radical (unpaired) electrons. The number of carboxylic acids is 2. The molecular weight excluding hydrogens is 258 g/mol. The fourth-order valence-corrected chi connectivity index (χ4v) is 1.48. The van der Waals surface area contributed by atoms with Crippen molar-refractivity contribution in [3.63, 3.8) is 0 Å². The molecule has 0 saturated carbocycles. The first kappa shape index (κ1) is 14.6. The van der Waals surface area contributed by atoms with Crippen molar-refractivity contribution in [2.24, 2.45) is 0 Å². The summed E-state index contributed by atoms with van der Waals surface area (Å²) in [5, 5.41) is 19.5. The van der Waals surface area contributed by atoms with E-state index >= 15 is 0 Å². The van der Waals surface area contributed by atoms with Crippen LogP contribution in [0.3, 0.4) is 0 Å². The number of carbonyl (C=O) groups is 2. The van der Waals surface area contributed by atoms with E-state index in [0.717, 1.165) is 25.5 Å². The van der Waals surface area contributed by atoms with Crippen LogP contribution in [0.4, 0.5) is 0 Å². The third-order valence-electron chi connectivity index (χ3n) is 2.35. The summed E-state index contributed by atoms with van der Waals surface area (Å²) in [5.74, 6) is -2.06. The van der Waals surface area contributed by atoms with Gasteiger partial charge in [0.25, 0.3) is 5.56 Å². The fourth-order valence-electron chi connectivity index (χ4n) is 1.48. The number of aliphatic carboxylic acids is 1. The van der Waals surface area contributed by atoms with Crippen LogP contribution in [0, 0.1) is 0 Å². The molecule has 1 aromatic heterocycles. The zero-order chi connectivity index (χ0) is 14.4. The van der Waals surface area contributed by atoms with E-state index in [0.29, 0.717) is 0 Å². The molecule has 2 rings (SSSR count). The van der Waals surface area contributed by atoms with Gasteiger partial charge in [0.1, 0.15) is 11.7 Å². The minimum Gasteiger partial charge on any atom is -0.480 e. The van der Waals surface area contributed by atoms with Crippen molar-refractivity contribution in [3.8, 4) is 0 Å². The van der Waals surface area contributed by atoms with Crippen LogP contribution in [0.2, 0.25) is 0 Å².